The van der Waals surface area contributed by atoms with Gasteiger partial charge in [0.05, 0.1) is 22.6 Å². The normalized spacial score (nSPS) is 12.3. The molecule has 0 fully saturated rings. The van der Waals surface area contributed by atoms with Gasteiger partial charge in [-0.3, -0.25) is 24.0 Å². The Bertz CT molecular complexity index is 1590. The number of hydrogen-bond acceptors (Lipinski definition) is 7. The van der Waals surface area contributed by atoms with E-state index >= 15 is 0 Å². The first-order valence-corrected chi connectivity index (χ1v) is 15.1. The van der Waals surface area contributed by atoms with Crippen LogP contribution in [0, 0.1) is 17.0 Å². The largest absolute Gasteiger partial charge is 0.497 e. The Morgan fingerprint density at radius 2 is 1.65 bits per heavy atom. The van der Waals surface area contributed by atoms with Gasteiger partial charge in [0.25, 0.3) is 15.7 Å². The molecular formula is C30H35ClN4O7S. The molecule has 43 heavy (non-hydrogen) atoms. The Hall–Kier alpha value is -4.16. The fraction of sp³-hybridized carbons (Fsp3) is 0.333. The molecule has 2 amide bonds. The summed E-state index contributed by atoms with van der Waals surface area (Å²) in [6.07, 6.45) is 0. The maximum absolute atomic E-state index is 14.0. The third-order valence-corrected chi connectivity index (χ3v) is 8.56. The summed E-state index contributed by atoms with van der Waals surface area (Å²) in [5.74, 6) is -0.648. The lowest BCUT2D eigenvalue weighted by Gasteiger charge is -2.33. The van der Waals surface area contributed by atoms with Crippen LogP contribution in [-0.4, -0.2) is 55.3 Å². The predicted molar refractivity (Wildman–Crippen MR) is 165 cm³/mol. The lowest BCUT2D eigenvalue weighted by atomic mass is 10.1. The number of ether oxygens (including phenoxy) is 1. The van der Waals surface area contributed by atoms with Gasteiger partial charge in [-0.1, -0.05) is 29.8 Å². The quantitative estimate of drug-likeness (QED) is 0.230. The highest BCUT2D eigenvalue weighted by Crippen LogP contribution is 2.29. The predicted octanol–water partition coefficient (Wildman–Crippen LogP) is 5.09. The zero-order chi connectivity index (χ0) is 32.1. The molecule has 230 valence electrons. The minimum Gasteiger partial charge on any atom is -0.497 e. The van der Waals surface area contributed by atoms with Crippen LogP contribution < -0.4 is 14.4 Å². The van der Waals surface area contributed by atoms with Gasteiger partial charge in [-0.15, -0.1) is 0 Å². The van der Waals surface area contributed by atoms with Crippen LogP contribution in [0.25, 0.3) is 0 Å². The molecule has 0 saturated heterocycles. The average molecular weight is 631 g/mol. The molecule has 0 unspecified atom stereocenters. The minimum atomic E-state index is -4.51. The number of aryl methyl sites for hydroxylation is 1. The van der Waals surface area contributed by atoms with Crippen LogP contribution in [0.1, 0.15) is 38.8 Å². The Labute approximate surface area is 256 Å². The van der Waals surface area contributed by atoms with E-state index in [1.807, 2.05) is 20.8 Å². The summed E-state index contributed by atoms with van der Waals surface area (Å²) in [4.78, 5) is 39.1. The van der Waals surface area contributed by atoms with Crippen LogP contribution in [-0.2, 0) is 26.2 Å². The lowest BCUT2D eigenvalue weighted by molar-refractivity contribution is -0.385. The second kappa shape index (κ2) is 13.4. The molecular weight excluding hydrogens is 596 g/mol. The first kappa shape index (κ1) is 33.3. The zero-order valence-electron chi connectivity index (χ0n) is 24.8. The highest BCUT2D eigenvalue weighted by atomic mass is 35.5. The van der Waals surface area contributed by atoms with Gasteiger partial charge in [0, 0.05) is 28.7 Å². The minimum absolute atomic E-state index is 0.0127. The molecule has 0 bridgehead atoms. The molecule has 0 aliphatic heterocycles. The zero-order valence-corrected chi connectivity index (χ0v) is 26.4. The molecule has 0 heterocycles. The topological polar surface area (TPSA) is 139 Å². The van der Waals surface area contributed by atoms with Gasteiger partial charge >= 0.3 is 0 Å². The molecule has 0 radical (unpaired) electrons. The van der Waals surface area contributed by atoms with Crippen LogP contribution in [0.5, 0.6) is 5.75 Å². The molecule has 13 heteroatoms. The number of carbonyl (C=O) groups is 2. The molecule has 3 aromatic rings. The van der Waals surface area contributed by atoms with Crippen molar-refractivity contribution in [3.63, 3.8) is 0 Å². The van der Waals surface area contributed by atoms with Gasteiger partial charge in [-0.2, -0.15) is 0 Å². The number of anilines is 1. The summed E-state index contributed by atoms with van der Waals surface area (Å²) < 4.78 is 34.1. The van der Waals surface area contributed by atoms with Crippen LogP contribution >= 0.6 is 11.6 Å². The summed E-state index contributed by atoms with van der Waals surface area (Å²) in [5.41, 5.74) is 0.110. The Morgan fingerprint density at radius 3 is 2.19 bits per heavy atom. The van der Waals surface area contributed by atoms with E-state index in [4.69, 9.17) is 16.3 Å². The van der Waals surface area contributed by atoms with E-state index < -0.39 is 44.9 Å². The second-order valence-corrected chi connectivity index (χ2v) is 13.3. The number of nitro groups is 1. The molecule has 0 spiro atoms. The van der Waals surface area contributed by atoms with Crippen molar-refractivity contribution in [3.8, 4) is 5.75 Å². The molecule has 0 saturated carbocycles. The van der Waals surface area contributed by atoms with Crippen molar-refractivity contribution in [2.24, 2.45) is 0 Å². The SMILES string of the molecule is COc1ccc(N(CC(=O)N(Cc2ccc(Cl)cc2)[C@H](C)C(=O)NC(C)(C)C)S(=O)(=O)c2ccc(C)c([N+](=O)[O-])c2)cc1. The number of nitro benzene ring substituents is 1. The molecule has 1 N–H and O–H groups in total. The molecule has 11 nitrogen and oxygen atoms in total. The van der Waals surface area contributed by atoms with E-state index in [1.54, 1.807) is 31.2 Å². The first-order valence-electron chi connectivity index (χ1n) is 13.3. The summed E-state index contributed by atoms with van der Waals surface area (Å²) in [7, 11) is -3.05. The maximum Gasteiger partial charge on any atom is 0.273 e. The van der Waals surface area contributed by atoms with Crippen molar-refractivity contribution in [2.45, 2.75) is 57.6 Å². The monoisotopic (exact) mass is 630 g/mol. The number of carbonyl (C=O) groups excluding carboxylic acids is 2. The number of benzene rings is 3. The molecule has 3 aromatic carbocycles. The van der Waals surface area contributed by atoms with Gasteiger partial charge in [-0.25, -0.2) is 8.42 Å². The van der Waals surface area contributed by atoms with E-state index in [2.05, 4.69) is 5.32 Å². The summed E-state index contributed by atoms with van der Waals surface area (Å²) >= 11 is 6.03. The van der Waals surface area contributed by atoms with E-state index in [0.29, 0.717) is 16.3 Å². The lowest BCUT2D eigenvalue weighted by Crippen LogP contribution is -2.54. The van der Waals surface area contributed by atoms with Crippen molar-refractivity contribution in [2.75, 3.05) is 18.0 Å². The third-order valence-electron chi connectivity index (χ3n) is 6.54. The fourth-order valence-electron chi connectivity index (χ4n) is 4.19. The van der Waals surface area contributed by atoms with Crippen molar-refractivity contribution < 1.29 is 27.7 Å². The summed E-state index contributed by atoms with van der Waals surface area (Å²) in [6, 6.07) is 15.3. The van der Waals surface area contributed by atoms with Gasteiger partial charge in [0.15, 0.2) is 0 Å². The highest BCUT2D eigenvalue weighted by molar-refractivity contribution is 7.92. The summed E-state index contributed by atoms with van der Waals surface area (Å²) in [5, 5.41) is 14.9. The molecule has 0 aliphatic carbocycles. The number of methoxy groups -OCH3 is 1. The van der Waals surface area contributed by atoms with Crippen molar-refractivity contribution in [1.82, 2.24) is 10.2 Å². The number of nitrogens with one attached hydrogen (secondary N) is 1. The smallest absolute Gasteiger partial charge is 0.273 e. The number of sulfonamides is 1. The standard InChI is InChI=1S/C30H35ClN4O7S/c1-20-7-16-26(17-27(20)35(38)39)43(40,41)34(24-12-14-25(42-6)15-13-24)19-28(36)33(18-22-8-10-23(31)11-9-22)21(2)29(37)32-30(3,4)5/h7-17,21H,18-19H2,1-6H3,(H,32,37)/t21-/m1/s1. The van der Waals surface area contributed by atoms with Crippen LogP contribution in [0.2, 0.25) is 5.02 Å². The average Bonchev–Trinajstić information content (AvgIpc) is 2.94. The second-order valence-electron chi connectivity index (χ2n) is 11.0. The Kier molecular flexibility index (Phi) is 10.4. The number of hydrogen-bond donors (Lipinski definition) is 1. The van der Waals surface area contributed by atoms with Crippen LogP contribution in [0.3, 0.4) is 0 Å². The summed E-state index contributed by atoms with van der Waals surface area (Å²) in [6.45, 7) is 7.77. The maximum atomic E-state index is 14.0. The number of halogens is 1. The van der Waals surface area contributed by atoms with E-state index in [-0.39, 0.29) is 28.4 Å². The van der Waals surface area contributed by atoms with Gasteiger partial charge < -0.3 is 15.0 Å². The Balaban J connectivity index is 2.10. The molecule has 0 aliphatic rings. The van der Waals surface area contributed by atoms with Gasteiger partial charge in [0.2, 0.25) is 11.8 Å². The van der Waals surface area contributed by atoms with Crippen LogP contribution in [0.4, 0.5) is 11.4 Å². The van der Waals surface area contributed by atoms with Crippen molar-refractivity contribution in [3.05, 3.63) is 93.0 Å². The number of rotatable bonds is 11. The highest BCUT2D eigenvalue weighted by Gasteiger charge is 2.34. The van der Waals surface area contributed by atoms with Gasteiger partial charge in [0.1, 0.15) is 18.3 Å². The van der Waals surface area contributed by atoms with Gasteiger partial charge in [-0.05, 0) is 82.6 Å². The first-order chi connectivity index (χ1) is 20.0. The Morgan fingerprint density at radius 1 is 1.05 bits per heavy atom. The molecule has 1 atom stereocenters. The van der Waals surface area contributed by atoms with Crippen molar-refractivity contribution in [1.29, 1.82) is 0 Å². The van der Waals surface area contributed by atoms with E-state index in [1.165, 1.54) is 55.3 Å². The van der Waals surface area contributed by atoms with Crippen LogP contribution in [0.15, 0.2) is 71.6 Å². The van der Waals surface area contributed by atoms with E-state index in [9.17, 15) is 28.1 Å². The van der Waals surface area contributed by atoms with Crippen molar-refractivity contribution >= 4 is 44.8 Å². The van der Waals surface area contributed by atoms with E-state index in [0.717, 1.165) is 10.4 Å². The number of amides is 2. The molecule has 0 aromatic heterocycles. The fourth-order valence-corrected chi connectivity index (χ4v) is 5.75. The third kappa shape index (κ3) is 8.45. The number of nitrogens with zero attached hydrogens (tertiary/aromatic N) is 3. The molecule has 3 rings (SSSR count).